The fraction of sp³-hybridized carbons (Fsp3) is 0.786. The highest BCUT2D eigenvalue weighted by atomic mass is 16.6. The SMILES string of the molecule is CC(C)(C)OC(=O)N1CC(O)C(N2CC(C(=O)O)CC2=O)C1. The van der Waals surface area contributed by atoms with Crippen molar-refractivity contribution < 1.29 is 29.3 Å². The van der Waals surface area contributed by atoms with Crippen LogP contribution in [-0.4, -0.2) is 75.4 Å². The second kappa shape index (κ2) is 5.75. The number of aliphatic carboxylic acids is 1. The fourth-order valence-corrected chi connectivity index (χ4v) is 2.77. The Morgan fingerprint density at radius 2 is 1.86 bits per heavy atom. The Morgan fingerprint density at radius 1 is 1.23 bits per heavy atom. The number of likely N-dealkylation sites (tertiary alicyclic amines) is 2. The summed E-state index contributed by atoms with van der Waals surface area (Å²) in [6, 6.07) is -0.579. The molecule has 0 spiro atoms. The number of ether oxygens (including phenoxy) is 1. The molecular weight excluding hydrogens is 292 g/mol. The number of carboxylic acid groups (broad SMARTS) is 1. The molecule has 2 aliphatic rings. The van der Waals surface area contributed by atoms with Crippen molar-refractivity contribution in [1.29, 1.82) is 0 Å². The van der Waals surface area contributed by atoms with Gasteiger partial charge in [0.05, 0.1) is 24.6 Å². The summed E-state index contributed by atoms with van der Waals surface area (Å²) >= 11 is 0. The van der Waals surface area contributed by atoms with Gasteiger partial charge in [-0.25, -0.2) is 4.79 Å². The second-order valence-corrected chi connectivity index (χ2v) is 6.81. The van der Waals surface area contributed by atoms with Crippen LogP contribution in [0.2, 0.25) is 0 Å². The van der Waals surface area contributed by atoms with E-state index in [2.05, 4.69) is 0 Å². The number of nitrogens with zero attached hydrogens (tertiary/aromatic N) is 2. The third-order valence-corrected chi connectivity index (χ3v) is 3.82. The van der Waals surface area contributed by atoms with E-state index >= 15 is 0 Å². The lowest BCUT2D eigenvalue weighted by Gasteiger charge is -2.27. The lowest BCUT2D eigenvalue weighted by Crippen LogP contribution is -2.44. The standard InChI is InChI=1S/C14H22N2O6/c1-14(2,3)22-13(21)15-6-9(10(17)7-15)16-5-8(12(19)20)4-11(16)18/h8-10,17H,4-7H2,1-3H3,(H,19,20). The molecule has 8 nitrogen and oxygen atoms in total. The zero-order valence-electron chi connectivity index (χ0n) is 13.0. The Morgan fingerprint density at radius 3 is 2.36 bits per heavy atom. The van der Waals surface area contributed by atoms with Gasteiger partial charge in [0.2, 0.25) is 5.91 Å². The lowest BCUT2D eigenvalue weighted by atomic mass is 10.1. The van der Waals surface area contributed by atoms with Gasteiger partial charge in [0.25, 0.3) is 0 Å². The van der Waals surface area contributed by atoms with Gasteiger partial charge in [-0.05, 0) is 20.8 Å². The first-order chi connectivity index (χ1) is 10.1. The summed E-state index contributed by atoms with van der Waals surface area (Å²) in [6.07, 6.45) is -1.51. The van der Waals surface area contributed by atoms with Gasteiger partial charge in [-0.3, -0.25) is 9.59 Å². The Bertz CT molecular complexity index is 486. The van der Waals surface area contributed by atoms with E-state index in [1.165, 1.54) is 9.80 Å². The van der Waals surface area contributed by atoms with Crippen molar-refractivity contribution in [3.8, 4) is 0 Å². The van der Waals surface area contributed by atoms with Crippen molar-refractivity contribution in [2.45, 2.75) is 44.9 Å². The smallest absolute Gasteiger partial charge is 0.410 e. The van der Waals surface area contributed by atoms with Crippen molar-refractivity contribution in [3.05, 3.63) is 0 Å². The summed E-state index contributed by atoms with van der Waals surface area (Å²) in [7, 11) is 0. The molecule has 0 aliphatic carbocycles. The highest BCUT2D eigenvalue weighted by molar-refractivity contribution is 5.86. The van der Waals surface area contributed by atoms with Crippen molar-refractivity contribution in [2.24, 2.45) is 5.92 Å². The molecule has 2 rings (SSSR count). The lowest BCUT2D eigenvalue weighted by molar-refractivity contribution is -0.141. The number of amides is 2. The van der Waals surface area contributed by atoms with Crippen LogP contribution in [0.15, 0.2) is 0 Å². The Balaban J connectivity index is 2.01. The topological polar surface area (TPSA) is 107 Å². The summed E-state index contributed by atoms with van der Waals surface area (Å²) in [5, 5.41) is 19.1. The molecule has 2 aliphatic heterocycles. The number of hydrogen-bond acceptors (Lipinski definition) is 5. The Labute approximate surface area is 128 Å². The zero-order chi connectivity index (χ0) is 16.7. The van der Waals surface area contributed by atoms with Crippen LogP contribution in [0.4, 0.5) is 4.79 Å². The number of aliphatic hydroxyl groups is 1. The monoisotopic (exact) mass is 314 g/mol. The maximum absolute atomic E-state index is 12.0. The van der Waals surface area contributed by atoms with Crippen LogP contribution >= 0.6 is 0 Å². The molecule has 2 amide bonds. The average molecular weight is 314 g/mol. The van der Waals surface area contributed by atoms with E-state index in [1.54, 1.807) is 20.8 Å². The molecule has 2 N–H and O–H groups in total. The van der Waals surface area contributed by atoms with E-state index < -0.39 is 35.7 Å². The van der Waals surface area contributed by atoms with Crippen LogP contribution in [0.3, 0.4) is 0 Å². The molecule has 3 atom stereocenters. The van der Waals surface area contributed by atoms with Crippen molar-refractivity contribution in [3.63, 3.8) is 0 Å². The molecule has 0 aromatic heterocycles. The number of β-amino-alcohol motifs (C(OH)–C–C–N with tert-alkyl or cyclic N) is 1. The van der Waals surface area contributed by atoms with E-state index in [9.17, 15) is 19.5 Å². The number of carbonyl (C=O) groups excluding carboxylic acids is 2. The maximum Gasteiger partial charge on any atom is 0.410 e. The highest BCUT2D eigenvalue weighted by Crippen LogP contribution is 2.26. The Kier molecular flexibility index (Phi) is 4.32. The third kappa shape index (κ3) is 3.49. The first kappa shape index (κ1) is 16.5. The molecule has 0 aromatic carbocycles. The summed E-state index contributed by atoms with van der Waals surface area (Å²) in [5.41, 5.74) is -0.641. The predicted molar refractivity (Wildman–Crippen MR) is 75.1 cm³/mol. The van der Waals surface area contributed by atoms with Gasteiger partial charge in [-0.15, -0.1) is 0 Å². The Hall–Kier alpha value is -1.83. The second-order valence-electron chi connectivity index (χ2n) is 6.81. The van der Waals surface area contributed by atoms with Crippen molar-refractivity contribution in [1.82, 2.24) is 9.80 Å². The maximum atomic E-state index is 12.0. The van der Waals surface area contributed by atoms with Gasteiger partial charge < -0.3 is 24.7 Å². The van der Waals surface area contributed by atoms with Gasteiger partial charge in [0.1, 0.15) is 5.60 Å². The molecule has 3 unspecified atom stereocenters. The van der Waals surface area contributed by atoms with E-state index in [4.69, 9.17) is 9.84 Å². The van der Waals surface area contributed by atoms with E-state index in [-0.39, 0.29) is 32.0 Å². The molecule has 2 fully saturated rings. The van der Waals surface area contributed by atoms with E-state index in [0.717, 1.165) is 0 Å². The summed E-state index contributed by atoms with van der Waals surface area (Å²) in [4.78, 5) is 37.7. The number of hydrogen-bond donors (Lipinski definition) is 2. The fourth-order valence-electron chi connectivity index (χ4n) is 2.77. The minimum atomic E-state index is -1.02. The number of carbonyl (C=O) groups is 3. The van der Waals surface area contributed by atoms with Gasteiger partial charge in [0, 0.05) is 19.5 Å². The number of rotatable bonds is 2. The van der Waals surface area contributed by atoms with Gasteiger partial charge >= 0.3 is 12.1 Å². The molecule has 0 bridgehead atoms. The molecule has 0 aromatic rings. The van der Waals surface area contributed by atoms with Crippen LogP contribution in [0.5, 0.6) is 0 Å². The summed E-state index contributed by atoms with van der Waals surface area (Å²) in [6.45, 7) is 5.52. The zero-order valence-corrected chi connectivity index (χ0v) is 13.0. The molecule has 124 valence electrons. The first-order valence-corrected chi connectivity index (χ1v) is 7.27. The van der Waals surface area contributed by atoms with Crippen LogP contribution < -0.4 is 0 Å². The number of aliphatic hydroxyl groups excluding tert-OH is 1. The largest absolute Gasteiger partial charge is 0.481 e. The molecular formula is C14H22N2O6. The van der Waals surface area contributed by atoms with Gasteiger partial charge in [-0.1, -0.05) is 0 Å². The molecule has 2 saturated heterocycles. The van der Waals surface area contributed by atoms with Crippen LogP contribution in [0.1, 0.15) is 27.2 Å². The molecule has 8 heteroatoms. The normalized spacial score (nSPS) is 29.1. The summed E-state index contributed by atoms with van der Waals surface area (Å²) < 4.78 is 5.25. The molecule has 0 saturated carbocycles. The minimum absolute atomic E-state index is 0.0645. The van der Waals surface area contributed by atoms with E-state index in [0.29, 0.717) is 0 Å². The quantitative estimate of drug-likeness (QED) is 0.737. The van der Waals surface area contributed by atoms with Crippen LogP contribution in [0.25, 0.3) is 0 Å². The highest BCUT2D eigenvalue weighted by Gasteiger charge is 2.45. The van der Waals surface area contributed by atoms with Crippen LogP contribution in [-0.2, 0) is 14.3 Å². The third-order valence-electron chi connectivity index (χ3n) is 3.82. The summed E-state index contributed by atoms with van der Waals surface area (Å²) in [5.74, 6) is -2.08. The number of carboxylic acids is 1. The van der Waals surface area contributed by atoms with Gasteiger partial charge in [-0.2, -0.15) is 0 Å². The average Bonchev–Trinajstić information content (AvgIpc) is 2.90. The minimum Gasteiger partial charge on any atom is -0.481 e. The van der Waals surface area contributed by atoms with Crippen molar-refractivity contribution >= 4 is 18.0 Å². The van der Waals surface area contributed by atoms with Crippen LogP contribution in [0, 0.1) is 5.92 Å². The predicted octanol–water partition coefficient (Wildman–Crippen LogP) is -0.100. The molecule has 22 heavy (non-hydrogen) atoms. The van der Waals surface area contributed by atoms with Crippen molar-refractivity contribution in [2.75, 3.05) is 19.6 Å². The molecule has 2 heterocycles. The van der Waals surface area contributed by atoms with E-state index in [1.807, 2.05) is 0 Å². The van der Waals surface area contributed by atoms with Gasteiger partial charge in [0.15, 0.2) is 0 Å². The molecule has 0 radical (unpaired) electrons. The first-order valence-electron chi connectivity index (χ1n) is 7.27.